The van der Waals surface area contributed by atoms with Crippen molar-refractivity contribution in [2.75, 3.05) is 18.3 Å². The second-order valence-corrected chi connectivity index (χ2v) is 9.42. The first-order chi connectivity index (χ1) is 16.6. The third kappa shape index (κ3) is 4.08. The summed E-state index contributed by atoms with van der Waals surface area (Å²) in [6.45, 7) is 1.90. The molecule has 172 valence electrons. The van der Waals surface area contributed by atoms with Gasteiger partial charge in [-0.05, 0) is 66.6 Å². The molecule has 4 aromatic rings. The molecular weight excluding hydrogens is 468 g/mol. The smallest absolute Gasteiger partial charge is 0.326 e. The van der Waals surface area contributed by atoms with E-state index in [0.29, 0.717) is 28.8 Å². The van der Waals surface area contributed by atoms with Crippen molar-refractivity contribution in [3.8, 4) is 16.5 Å². The average molecular weight is 491 g/mol. The first-order valence-corrected chi connectivity index (χ1v) is 12.7. The maximum Gasteiger partial charge on any atom is 0.326 e. The summed E-state index contributed by atoms with van der Waals surface area (Å²) in [6.07, 6.45) is 2.03. The second-order valence-electron chi connectivity index (χ2n) is 7.59. The molecule has 1 atom stereocenters. The molecule has 34 heavy (non-hydrogen) atoms. The number of hydrogen-bond acceptors (Lipinski definition) is 7. The number of anilines is 1. The molecule has 1 unspecified atom stereocenters. The molecule has 2 aromatic heterocycles. The normalized spacial score (nSPS) is 16.0. The Morgan fingerprint density at radius 1 is 1.12 bits per heavy atom. The van der Waals surface area contributed by atoms with Gasteiger partial charge in [0.1, 0.15) is 5.75 Å². The molecule has 0 saturated carbocycles. The van der Waals surface area contributed by atoms with E-state index >= 15 is 0 Å². The number of thiophene rings is 1. The number of allylic oxidation sites excluding steroid dienone is 1. The van der Waals surface area contributed by atoms with Gasteiger partial charge in [-0.15, -0.1) is 23.1 Å². The molecule has 2 aromatic carbocycles. The average Bonchev–Trinajstić information content (AvgIpc) is 3.57. The molecule has 0 bridgehead atoms. The van der Waals surface area contributed by atoms with E-state index in [2.05, 4.69) is 15.5 Å². The van der Waals surface area contributed by atoms with Crippen molar-refractivity contribution in [3.05, 3.63) is 83.2 Å². The van der Waals surface area contributed by atoms with Crippen molar-refractivity contribution in [3.63, 3.8) is 0 Å². The van der Waals surface area contributed by atoms with Crippen LogP contribution in [0.5, 0.6) is 5.75 Å². The predicted molar refractivity (Wildman–Crippen MR) is 135 cm³/mol. The Kier molecular flexibility index (Phi) is 6.12. The second kappa shape index (κ2) is 9.36. The van der Waals surface area contributed by atoms with Crippen LogP contribution >= 0.6 is 23.1 Å². The lowest BCUT2D eigenvalue weighted by Gasteiger charge is -2.35. The maximum atomic E-state index is 13.3. The lowest BCUT2D eigenvalue weighted by atomic mass is 9.94. The molecule has 0 fully saturated rings. The van der Waals surface area contributed by atoms with Gasteiger partial charge >= 0.3 is 6.03 Å². The summed E-state index contributed by atoms with van der Waals surface area (Å²) in [5.41, 5.74) is 3.12. The number of ether oxygens (including phenoxy) is 1. The van der Waals surface area contributed by atoms with E-state index in [4.69, 9.17) is 9.26 Å². The van der Waals surface area contributed by atoms with Gasteiger partial charge in [0.05, 0.1) is 29.3 Å². The van der Waals surface area contributed by atoms with Crippen molar-refractivity contribution >= 4 is 40.4 Å². The van der Waals surface area contributed by atoms with Gasteiger partial charge in [-0.2, -0.15) is 4.98 Å². The molecule has 1 aliphatic heterocycles. The molecule has 0 saturated heterocycles. The van der Waals surface area contributed by atoms with Crippen LogP contribution in [0.3, 0.4) is 0 Å². The highest BCUT2D eigenvalue weighted by Gasteiger charge is 2.36. The number of thioether (sulfide) groups is 1. The van der Waals surface area contributed by atoms with E-state index in [9.17, 15) is 4.79 Å². The van der Waals surface area contributed by atoms with Gasteiger partial charge in [-0.3, -0.25) is 4.90 Å². The highest BCUT2D eigenvalue weighted by atomic mass is 32.2. The lowest BCUT2D eigenvalue weighted by molar-refractivity contribution is 0.244. The number of aromatic nitrogens is 2. The van der Waals surface area contributed by atoms with Crippen LogP contribution in [0, 0.1) is 0 Å². The molecule has 1 aliphatic rings. The van der Waals surface area contributed by atoms with Crippen LogP contribution in [0.25, 0.3) is 16.3 Å². The third-order valence-electron chi connectivity index (χ3n) is 5.66. The Balaban J connectivity index is 1.63. The summed E-state index contributed by atoms with van der Waals surface area (Å²) in [7, 11) is 1.61. The number of rotatable bonds is 6. The Labute approximate surface area is 205 Å². The van der Waals surface area contributed by atoms with Crippen LogP contribution in [0.1, 0.15) is 24.4 Å². The zero-order chi connectivity index (χ0) is 23.7. The predicted octanol–water partition coefficient (Wildman–Crippen LogP) is 6.23. The summed E-state index contributed by atoms with van der Waals surface area (Å²) in [6, 6.07) is 18.7. The van der Waals surface area contributed by atoms with Gasteiger partial charge in [0.15, 0.2) is 0 Å². The monoisotopic (exact) mass is 490 g/mol. The molecule has 0 radical (unpaired) electrons. The first-order valence-electron chi connectivity index (χ1n) is 10.6. The minimum atomic E-state index is -0.436. The quantitative estimate of drug-likeness (QED) is 0.323. The summed E-state index contributed by atoms with van der Waals surface area (Å²) in [5, 5.41) is 9.31. The Hall–Kier alpha value is -3.56. The number of carbonyl (C=O) groups is 1. The summed E-state index contributed by atoms with van der Waals surface area (Å²) < 4.78 is 11.0. The first kappa shape index (κ1) is 22.2. The Morgan fingerprint density at radius 3 is 2.53 bits per heavy atom. The highest BCUT2D eigenvalue weighted by Crippen LogP contribution is 2.40. The largest absolute Gasteiger partial charge is 0.497 e. The van der Waals surface area contributed by atoms with Crippen molar-refractivity contribution in [1.82, 2.24) is 15.5 Å². The van der Waals surface area contributed by atoms with Crippen molar-refractivity contribution in [2.24, 2.45) is 0 Å². The minimum Gasteiger partial charge on any atom is -0.497 e. The van der Waals surface area contributed by atoms with Crippen LogP contribution in [0.2, 0.25) is 0 Å². The summed E-state index contributed by atoms with van der Waals surface area (Å²) in [4.78, 5) is 21.7. The molecular formula is C25H22N4O3S2. The van der Waals surface area contributed by atoms with E-state index < -0.39 is 6.04 Å². The Bertz CT molecular complexity index is 1330. The SMILES string of the molecule is COc1ccc(N2C(=O)NC(c3ccc(SC)cc3)C(c3nc(-c4cccs4)no3)=C2C)cc1. The van der Waals surface area contributed by atoms with Crippen molar-refractivity contribution in [1.29, 1.82) is 0 Å². The number of carbonyl (C=O) groups excluding carboxylic acids is 1. The van der Waals surface area contributed by atoms with E-state index in [1.54, 1.807) is 35.1 Å². The van der Waals surface area contributed by atoms with Gasteiger partial charge in [0.25, 0.3) is 5.89 Å². The van der Waals surface area contributed by atoms with Gasteiger partial charge in [0, 0.05) is 10.6 Å². The van der Waals surface area contributed by atoms with Crippen LogP contribution in [-0.2, 0) is 0 Å². The summed E-state index contributed by atoms with van der Waals surface area (Å²) >= 11 is 3.21. The van der Waals surface area contributed by atoms with Crippen LogP contribution in [0.15, 0.2) is 81.2 Å². The number of methoxy groups -OCH3 is 1. The van der Waals surface area contributed by atoms with Crippen LogP contribution in [-0.4, -0.2) is 29.5 Å². The highest BCUT2D eigenvalue weighted by molar-refractivity contribution is 7.98. The molecule has 0 aliphatic carbocycles. The van der Waals surface area contributed by atoms with Gasteiger partial charge in [-0.1, -0.05) is 23.4 Å². The van der Waals surface area contributed by atoms with E-state index in [0.717, 1.165) is 20.9 Å². The molecule has 5 rings (SSSR count). The maximum absolute atomic E-state index is 13.3. The number of hydrogen-bond donors (Lipinski definition) is 1. The number of nitrogens with zero attached hydrogens (tertiary/aromatic N) is 3. The number of nitrogens with one attached hydrogen (secondary N) is 1. The molecule has 7 nitrogen and oxygen atoms in total. The fourth-order valence-corrected chi connectivity index (χ4v) is 5.00. The van der Waals surface area contributed by atoms with Crippen LogP contribution in [0.4, 0.5) is 10.5 Å². The van der Waals surface area contributed by atoms with E-state index in [-0.39, 0.29) is 6.03 Å². The number of urea groups is 1. The van der Waals surface area contributed by atoms with Gasteiger partial charge < -0.3 is 14.6 Å². The lowest BCUT2D eigenvalue weighted by Crippen LogP contribution is -2.46. The molecule has 1 N–H and O–H groups in total. The molecule has 9 heteroatoms. The van der Waals surface area contributed by atoms with Gasteiger partial charge in [0.2, 0.25) is 5.82 Å². The zero-order valence-corrected chi connectivity index (χ0v) is 20.4. The van der Waals surface area contributed by atoms with E-state index in [1.807, 2.05) is 79.2 Å². The topological polar surface area (TPSA) is 80.5 Å². The molecule has 3 heterocycles. The fraction of sp³-hybridized carbons (Fsp3) is 0.160. The molecule has 2 amide bonds. The van der Waals surface area contributed by atoms with Crippen molar-refractivity contribution < 1.29 is 14.1 Å². The van der Waals surface area contributed by atoms with Crippen molar-refractivity contribution in [2.45, 2.75) is 17.9 Å². The van der Waals surface area contributed by atoms with Gasteiger partial charge in [-0.25, -0.2) is 4.79 Å². The Morgan fingerprint density at radius 2 is 1.88 bits per heavy atom. The number of benzene rings is 2. The minimum absolute atomic E-state index is 0.233. The molecule has 0 spiro atoms. The number of amides is 2. The standard InChI is InChI=1S/C25H22N4O3S2/c1-15-21(24-27-23(28-32-24)20-5-4-14-34-20)22(16-6-12-19(33-3)13-7-16)26-25(30)29(15)17-8-10-18(31-2)11-9-17/h4-14,22H,1-3H3,(H,26,30). The van der Waals surface area contributed by atoms with Crippen LogP contribution < -0.4 is 15.0 Å². The third-order valence-corrected chi connectivity index (χ3v) is 7.27. The summed E-state index contributed by atoms with van der Waals surface area (Å²) in [5.74, 6) is 1.61. The fourth-order valence-electron chi connectivity index (χ4n) is 3.95. The van der Waals surface area contributed by atoms with E-state index in [1.165, 1.54) is 0 Å². The zero-order valence-electron chi connectivity index (χ0n) is 18.8.